The molecule has 0 spiro atoms. The largest absolute Gasteiger partial charge is 0.497 e. The van der Waals surface area contributed by atoms with E-state index in [2.05, 4.69) is 10.6 Å². The van der Waals surface area contributed by atoms with Crippen molar-refractivity contribution in [1.29, 1.82) is 5.26 Å². The van der Waals surface area contributed by atoms with Crippen molar-refractivity contribution >= 4 is 17.3 Å². The van der Waals surface area contributed by atoms with E-state index in [1.54, 1.807) is 18.2 Å². The van der Waals surface area contributed by atoms with Crippen LogP contribution in [0.5, 0.6) is 11.5 Å². The Balaban J connectivity index is 2.21. The number of anilines is 2. The Hall–Kier alpha value is -3.46. The first kappa shape index (κ1) is 18.9. The monoisotopic (exact) mass is 351 g/mol. The van der Waals surface area contributed by atoms with Gasteiger partial charge >= 0.3 is 0 Å². The molecule has 26 heavy (non-hydrogen) atoms. The Bertz CT molecular complexity index is 882. The van der Waals surface area contributed by atoms with Gasteiger partial charge < -0.3 is 20.1 Å². The fraction of sp³-hybridized carbons (Fsp3) is 0.200. The lowest BCUT2D eigenvalue weighted by Gasteiger charge is -2.12. The lowest BCUT2D eigenvalue weighted by molar-refractivity contribution is -0.112. The van der Waals surface area contributed by atoms with Crippen LogP contribution in [0.2, 0.25) is 0 Å². The summed E-state index contributed by atoms with van der Waals surface area (Å²) in [5.41, 5.74) is 3.29. The minimum atomic E-state index is -0.545. The molecule has 0 atom stereocenters. The van der Waals surface area contributed by atoms with Crippen LogP contribution in [0.25, 0.3) is 0 Å². The number of ether oxygens (including phenoxy) is 2. The van der Waals surface area contributed by atoms with Crippen LogP contribution in [-0.4, -0.2) is 20.1 Å². The first-order valence-corrected chi connectivity index (χ1v) is 7.96. The third kappa shape index (κ3) is 4.54. The van der Waals surface area contributed by atoms with Gasteiger partial charge in [0.1, 0.15) is 23.1 Å². The molecule has 0 unspecified atom stereocenters. The summed E-state index contributed by atoms with van der Waals surface area (Å²) in [5.74, 6) is 0.493. The first-order valence-electron chi connectivity index (χ1n) is 7.96. The van der Waals surface area contributed by atoms with Crippen LogP contribution in [0.1, 0.15) is 11.1 Å². The molecule has 0 bridgehead atoms. The van der Waals surface area contributed by atoms with Crippen molar-refractivity contribution in [2.45, 2.75) is 13.8 Å². The van der Waals surface area contributed by atoms with Gasteiger partial charge in [-0.05, 0) is 43.2 Å². The lowest BCUT2D eigenvalue weighted by atomic mass is 10.1. The van der Waals surface area contributed by atoms with E-state index in [-0.39, 0.29) is 5.57 Å². The van der Waals surface area contributed by atoms with Crippen molar-refractivity contribution in [3.63, 3.8) is 0 Å². The number of benzene rings is 2. The average Bonchev–Trinajstić information content (AvgIpc) is 2.64. The van der Waals surface area contributed by atoms with Crippen molar-refractivity contribution in [3.8, 4) is 17.6 Å². The third-order valence-corrected chi connectivity index (χ3v) is 3.79. The van der Waals surface area contributed by atoms with Gasteiger partial charge in [0.05, 0.1) is 19.9 Å². The summed E-state index contributed by atoms with van der Waals surface area (Å²) in [5, 5.41) is 15.0. The summed E-state index contributed by atoms with van der Waals surface area (Å²) in [6, 6.07) is 12.9. The zero-order valence-electron chi connectivity index (χ0n) is 15.2. The van der Waals surface area contributed by atoms with E-state index in [1.807, 2.05) is 38.1 Å². The van der Waals surface area contributed by atoms with Gasteiger partial charge in [0.2, 0.25) is 0 Å². The quantitative estimate of drug-likeness (QED) is 0.611. The second-order valence-electron chi connectivity index (χ2n) is 5.65. The topological polar surface area (TPSA) is 83.4 Å². The Labute approximate surface area is 153 Å². The van der Waals surface area contributed by atoms with E-state index >= 15 is 0 Å². The van der Waals surface area contributed by atoms with Gasteiger partial charge in [0, 0.05) is 18.0 Å². The van der Waals surface area contributed by atoms with Crippen LogP contribution in [0.15, 0.2) is 48.2 Å². The zero-order valence-corrected chi connectivity index (χ0v) is 15.2. The SMILES string of the molecule is COc1ccc(OC)c(NC(=O)/C(C#N)=C\Nc2cc(C)ccc2C)c1. The maximum absolute atomic E-state index is 12.4. The number of hydrogen-bond donors (Lipinski definition) is 2. The highest BCUT2D eigenvalue weighted by molar-refractivity contribution is 6.07. The van der Waals surface area contributed by atoms with Crippen LogP contribution in [0, 0.1) is 25.2 Å². The second kappa shape index (κ2) is 8.58. The Morgan fingerprint density at radius 1 is 1.08 bits per heavy atom. The molecule has 0 aliphatic heterocycles. The van der Waals surface area contributed by atoms with Gasteiger partial charge in [0.15, 0.2) is 0 Å². The summed E-state index contributed by atoms with van der Waals surface area (Å²) in [7, 11) is 3.03. The van der Waals surface area contributed by atoms with Crippen LogP contribution >= 0.6 is 0 Å². The minimum absolute atomic E-state index is 0.0595. The molecule has 2 N–H and O–H groups in total. The number of nitrogens with zero attached hydrogens (tertiary/aromatic N) is 1. The Morgan fingerprint density at radius 3 is 2.50 bits per heavy atom. The van der Waals surface area contributed by atoms with Gasteiger partial charge in [0.25, 0.3) is 5.91 Å². The van der Waals surface area contributed by atoms with Gasteiger partial charge in [-0.25, -0.2) is 0 Å². The average molecular weight is 351 g/mol. The third-order valence-electron chi connectivity index (χ3n) is 3.79. The molecule has 2 aromatic rings. The molecule has 6 heteroatoms. The molecule has 0 saturated carbocycles. The summed E-state index contributed by atoms with van der Waals surface area (Å²) in [4.78, 5) is 12.4. The number of hydrogen-bond acceptors (Lipinski definition) is 5. The van der Waals surface area contributed by atoms with Crippen LogP contribution in [0.4, 0.5) is 11.4 Å². The number of rotatable bonds is 6. The molecule has 1 amide bonds. The standard InChI is InChI=1S/C20H21N3O3/c1-13-5-6-14(2)17(9-13)22-12-15(11-21)20(24)23-18-10-16(25-3)7-8-19(18)26-4/h5-10,12,22H,1-4H3,(H,23,24)/b15-12-. The van der Waals surface area contributed by atoms with Crippen LogP contribution in [-0.2, 0) is 4.79 Å². The zero-order chi connectivity index (χ0) is 19.1. The number of methoxy groups -OCH3 is 2. The predicted molar refractivity (Wildman–Crippen MR) is 101 cm³/mol. The molecule has 134 valence electrons. The highest BCUT2D eigenvalue weighted by atomic mass is 16.5. The summed E-state index contributed by atoms with van der Waals surface area (Å²) in [6.07, 6.45) is 1.39. The fourth-order valence-corrected chi connectivity index (χ4v) is 2.29. The van der Waals surface area contributed by atoms with Gasteiger partial charge in [-0.3, -0.25) is 4.79 Å². The lowest BCUT2D eigenvalue weighted by Crippen LogP contribution is -2.15. The minimum Gasteiger partial charge on any atom is -0.497 e. The first-order chi connectivity index (χ1) is 12.5. The summed E-state index contributed by atoms with van der Waals surface area (Å²) in [6.45, 7) is 3.92. The van der Waals surface area contributed by atoms with Gasteiger partial charge in [-0.2, -0.15) is 5.26 Å². The van der Waals surface area contributed by atoms with Gasteiger partial charge in [-0.15, -0.1) is 0 Å². The maximum atomic E-state index is 12.4. The maximum Gasteiger partial charge on any atom is 0.267 e. The molecule has 0 heterocycles. The number of carbonyl (C=O) groups is 1. The number of nitriles is 1. The van der Waals surface area contributed by atoms with Crippen molar-refractivity contribution in [2.75, 3.05) is 24.9 Å². The van der Waals surface area contributed by atoms with Crippen molar-refractivity contribution < 1.29 is 14.3 Å². The molecule has 0 aliphatic rings. The van der Waals surface area contributed by atoms with E-state index < -0.39 is 5.91 Å². The summed E-state index contributed by atoms with van der Waals surface area (Å²) >= 11 is 0. The van der Waals surface area contributed by atoms with E-state index in [0.717, 1.165) is 16.8 Å². The Kier molecular flexibility index (Phi) is 6.23. The summed E-state index contributed by atoms with van der Waals surface area (Å²) < 4.78 is 10.4. The molecule has 0 aliphatic carbocycles. The fourth-order valence-electron chi connectivity index (χ4n) is 2.29. The smallest absolute Gasteiger partial charge is 0.267 e. The van der Waals surface area contributed by atoms with Crippen molar-refractivity contribution in [2.24, 2.45) is 0 Å². The Morgan fingerprint density at radius 2 is 1.85 bits per heavy atom. The number of carbonyl (C=O) groups excluding carboxylic acids is 1. The molecule has 0 saturated heterocycles. The van der Waals surface area contributed by atoms with E-state index in [1.165, 1.54) is 20.4 Å². The number of nitrogens with one attached hydrogen (secondary N) is 2. The molecule has 6 nitrogen and oxygen atoms in total. The molecule has 0 radical (unpaired) electrons. The van der Waals surface area contributed by atoms with E-state index in [4.69, 9.17) is 9.47 Å². The van der Waals surface area contributed by atoms with Crippen LogP contribution in [0.3, 0.4) is 0 Å². The normalized spacial score (nSPS) is 10.7. The van der Waals surface area contributed by atoms with Crippen molar-refractivity contribution in [3.05, 3.63) is 59.3 Å². The van der Waals surface area contributed by atoms with E-state index in [0.29, 0.717) is 17.2 Å². The molecule has 0 aromatic heterocycles. The molecular formula is C20H21N3O3. The highest BCUT2D eigenvalue weighted by Crippen LogP contribution is 2.29. The predicted octanol–water partition coefficient (Wildman–Crippen LogP) is 3.78. The molecule has 2 aromatic carbocycles. The highest BCUT2D eigenvalue weighted by Gasteiger charge is 2.13. The molecule has 2 rings (SSSR count). The molecular weight excluding hydrogens is 330 g/mol. The number of aryl methyl sites for hydroxylation is 2. The van der Waals surface area contributed by atoms with Crippen LogP contribution < -0.4 is 20.1 Å². The van der Waals surface area contributed by atoms with Crippen molar-refractivity contribution in [1.82, 2.24) is 0 Å². The van der Waals surface area contributed by atoms with E-state index in [9.17, 15) is 10.1 Å². The second-order valence-corrected chi connectivity index (χ2v) is 5.65. The number of amides is 1. The molecule has 0 fully saturated rings. The van der Waals surface area contributed by atoms with Gasteiger partial charge in [-0.1, -0.05) is 12.1 Å².